The molecule has 0 bridgehead atoms. The van der Waals surface area contributed by atoms with E-state index in [4.69, 9.17) is 9.47 Å². The van der Waals surface area contributed by atoms with Gasteiger partial charge in [0.05, 0.1) is 18.6 Å². The molecule has 1 aromatic rings. The van der Waals surface area contributed by atoms with Gasteiger partial charge in [-0.25, -0.2) is 13.1 Å². The maximum atomic E-state index is 12.2. The van der Waals surface area contributed by atoms with E-state index in [1.807, 2.05) is 13.8 Å². The molecule has 0 aliphatic rings. The zero-order valence-electron chi connectivity index (χ0n) is 13.0. The van der Waals surface area contributed by atoms with Crippen molar-refractivity contribution in [3.63, 3.8) is 0 Å². The maximum absolute atomic E-state index is 12.2. The Morgan fingerprint density at radius 3 is 2.52 bits per heavy atom. The summed E-state index contributed by atoms with van der Waals surface area (Å²) in [4.78, 5) is 0.222. The standard InChI is InChI=1S/C14H24N2O4S/c1-11(2)15-10-12-9-13(5-6-14(12)20-4)21(17,18)16-7-8-19-3/h5-6,9,11,15-16H,7-8,10H2,1-4H3. The molecular weight excluding hydrogens is 292 g/mol. The van der Waals surface area contributed by atoms with E-state index in [2.05, 4.69) is 10.0 Å². The summed E-state index contributed by atoms with van der Waals surface area (Å²) in [5.41, 5.74) is 0.806. The predicted octanol–water partition coefficient (Wildman–Crippen LogP) is 1.12. The Hall–Kier alpha value is -1.15. The third-order valence-electron chi connectivity index (χ3n) is 2.86. The summed E-state index contributed by atoms with van der Waals surface area (Å²) >= 11 is 0. The lowest BCUT2D eigenvalue weighted by molar-refractivity contribution is 0.204. The van der Waals surface area contributed by atoms with Crippen LogP contribution < -0.4 is 14.8 Å². The second-order valence-corrected chi connectivity index (χ2v) is 6.67. The highest BCUT2D eigenvalue weighted by molar-refractivity contribution is 7.89. The van der Waals surface area contributed by atoms with Crippen LogP contribution in [0.4, 0.5) is 0 Å². The molecule has 1 rings (SSSR count). The fourth-order valence-corrected chi connectivity index (χ4v) is 2.80. The van der Waals surface area contributed by atoms with Gasteiger partial charge in [-0.1, -0.05) is 13.8 Å². The Kier molecular flexibility index (Phi) is 7.10. The second kappa shape index (κ2) is 8.33. The van der Waals surface area contributed by atoms with Crippen LogP contribution in [-0.4, -0.2) is 41.8 Å². The third kappa shape index (κ3) is 5.62. The van der Waals surface area contributed by atoms with Crippen molar-refractivity contribution in [1.82, 2.24) is 10.0 Å². The van der Waals surface area contributed by atoms with Gasteiger partial charge in [-0.15, -0.1) is 0 Å². The number of ether oxygens (including phenoxy) is 2. The molecule has 0 aliphatic carbocycles. The lowest BCUT2D eigenvalue weighted by atomic mass is 10.2. The second-order valence-electron chi connectivity index (χ2n) is 4.90. The van der Waals surface area contributed by atoms with Crippen molar-refractivity contribution in [2.75, 3.05) is 27.4 Å². The van der Waals surface area contributed by atoms with E-state index in [0.717, 1.165) is 5.56 Å². The molecule has 0 aliphatic heterocycles. The van der Waals surface area contributed by atoms with Gasteiger partial charge >= 0.3 is 0 Å². The smallest absolute Gasteiger partial charge is 0.240 e. The first-order valence-corrected chi connectivity index (χ1v) is 8.28. The molecule has 6 nitrogen and oxygen atoms in total. The number of nitrogens with one attached hydrogen (secondary N) is 2. The van der Waals surface area contributed by atoms with Crippen LogP contribution in [0.15, 0.2) is 23.1 Å². The van der Waals surface area contributed by atoms with E-state index in [1.165, 1.54) is 13.2 Å². The molecule has 0 spiro atoms. The normalized spacial score (nSPS) is 11.9. The molecule has 0 saturated heterocycles. The van der Waals surface area contributed by atoms with Crippen LogP contribution in [0.2, 0.25) is 0 Å². The Balaban J connectivity index is 2.95. The quantitative estimate of drug-likeness (QED) is 0.668. The minimum atomic E-state index is -3.53. The summed E-state index contributed by atoms with van der Waals surface area (Å²) in [7, 11) is -0.438. The largest absolute Gasteiger partial charge is 0.496 e. The van der Waals surface area contributed by atoms with Crippen LogP contribution in [-0.2, 0) is 21.3 Å². The molecule has 0 aromatic heterocycles. The summed E-state index contributed by atoms with van der Waals surface area (Å²) in [6.07, 6.45) is 0. The molecule has 0 heterocycles. The van der Waals surface area contributed by atoms with E-state index in [1.54, 1.807) is 19.2 Å². The Labute approximate surface area is 126 Å². The molecule has 7 heteroatoms. The lowest BCUT2D eigenvalue weighted by Crippen LogP contribution is -2.27. The molecule has 0 amide bonds. The van der Waals surface area contributed by atoms with E-state index in [9.17, 15) is 8.42 Å². The molecule has 0 unspecified atom stereocenters. The minimum absolute atomic E-state index is 0.222. The maximum Gasteiger partial charge on any atom is 0.240 e. The summed E-state index contributed by atoms with van der Waals surface area (Å²) < 4.78 is 36.9. The minimum Gasteiger partial charge on any atom is -0.496 e. The van der Waals surface area contributed by atoms with E-state index >= 15 is 0 Å². The van der Waals surface area contributed by atoms with Gasteiger partial charge in [0.15, 0.2) is 0 Å². The average Bonchev–Trinajstić information content (AvgIpc) is 2.44. The van der Waals surface area contributed by atoms with Crippen molar-refractivity contribution in [3.8, 4) is 5.75 Å². The molecule has 21 heavy (non-hydrogen) atoms. The van der Waals surface area contributed by atoms with Crippen molar-refractivity contribution in [3.05, 3.63) is 23.8 Å². The monoisotopic (exact) mass is 316 g/mol. The fraction of sp³-hybridized carbons (Fsp3) is 0.571. The van der Waals surface area contributed by atoms with E-state index in [-0.39, 0.29) is 11.4 Å². The first kappa shape index (κ1) is 17.9. The lowest BCUT2D eigenvalue weighted by Gasteiger charge is -2.14. The Bertz CT molecular complexity index is 544. The summed E-state index contributed by atoms with van der Waals surface area (Å²) in [5.74, 6) is 0.666. The van der Waals surface area contributed by atoms with Gasteiger partial charge < -0.3 is 14.8 Å². The van der Waals surface area contributed by atoms with Crippen LogP contribution >= 0.6 is 0 Å². The van der Waals surface area contributed by atoms with Crippen LogP contribution in [0.3, 0.4) is 0 Å². The van der Waals surface area contributed by atoms with Crippen molar-refractivity contribution < 1.29 is 17.9 Å². The highest BCUT2D eigenvalue weighted by atomic mass is 32.2. The number of hydrogen-bond acceptors (Lipinski definition) is 5. The molecule has 0 saturated carbocycles. The van der Waals surface area contributed by atoms with Gasteiger partial charge in [-0.3, -0.25) is 0 Å². The molecule has 0 fully saturated rings. The number of benzene rings is 1. The zero-order chi connectivity index (χ0) is 15.9. The van der Waals surface area contributed by atoms with E-state index < -0.39 is 10.0 Å². The fourth-order valence-electron chi connectivity index (χ4n) is 1.74. The number of rotatable bonds is 9. The van der Waals surface area contributed by atoms with E-state index in [0.29, 0.717) is 24.9 Å². The molecule has 2 N–H and O–H groups in total. The average molecular weight is 316 g/mol. The Morgan fingerprint density at radius 1 is 1.24 bits per heavy atom. The van der Waals surface area contributed by atoms with Gasteiger partial charge in [-0.2, -0.15) is 0 Å². The number of sulfonamides is 1. The van der Waals surface area contributed by atoms with Crippen LogP contribution in [0, 0.1) is 0 Å². The highest BCUT2D eigenvalue weighted by Crippen LogP contribution is 2.22. The van der Waals surface area contributed by atoms with Gasteiger partial charge in [0.1, 0.15) is 5.75 Å². The van der Waals surface area contributed by atoms with Crippen LogP contribution in [0.5, 0.6) is 5.75 Å². The molecule has 0 atom stereocenters. The number of methoxy groups -OCH3 is 2. The molecule has 1 aromatic carbocycles. The van der Waals surface area contributed by atoms with Gasteiger partial charge in [0.2, 0.25) is 10.0 Å². The predicted molar refractivity (Wildman–Crippen MR) is 82.0 cm³/mol. The number of hydrogen-bond donors (Lipinski definition) is 2. The van der Waals surface area contributed by atoms with Crippen molar-refractivity contribution in [1.29, 1.82) is 0 Å². The summed E-state index contributed by atoms with van der Waals surface area (Å²) in [5, 5.41) is 3.25. The van der Waals surface area contributed by atoms with Crippen LogP contribution in [0.25, 0.3) is 0 Å². The highest BCUT2D eigenvalue weighted by Gasteiger charge is 2.16. The van der Waals surface area contributed by atoms with Crippen molar-refractivity contribution in [2.24, 2.45) is 0 Å². The van der Waals surface area contributed by atoms with Gasteiger partial charge in [-0.05, 0) is 18.2 Å². The molecular formula is C14H24N2O4S. The zero-order valence-corrected chi connectivity index (χ0v) is 13.8. The summed E-state index contributed by atoms with van der Waals surface area (Å²) in [6, 6.07) is 5.13. The third-order valence-corrected chi connectivity index (χ3v) is 4.32. The molecule has 120 valence electrons. The first-order chi connectivity index (χ1) is 9.90. The first-order valence-electron chi connectivity index (χ1n) is 6.79. The Morgan fingerprint density at radius 2 is 1.95 bits per heavy atom. The topological polar surface area (TPSA) is 76.7 Å². The SMILES string of the molecule is COCCNS(=O)(=O)c1ccc(OC)c(CNC(C)C)c1. The van der Waals surface area contributed by atoms with Crippen LogP contribution in [0.1, 0.15) is 19.4 Å². The van der Waals surface area contributed by atoms with Crippen molar-refractivity contribution in [2.45, 2.75) is 31.3 Å². The van der Waals surface area contributed by atoms with Gasteiger partial charge in [0, 0.05) is 31.8 Å². The van der Waals surface area contributed by atoms with Crippen molar-refractivity contribution >= 4 is 10.0 Å². The summed E-state index contributed by atoms with van der Waals surface area (Å²) in [6.45, 7) is 5.17. The molecule has 0 radical (unpaired) electrons. The van der Waals surface area contributed by atoms with Gasteiger partial charge in [0.25, 0.3) is 0 Å².